The molecule has 0 aliphatic rings. The van der Waals surface area contributed by atoms with E-state index in [1.807, 2.05) is 86.6 Å². The van der Waals surface area contributed by atoms with E-state index in [9.17, 15) is 4.79 Å². The van der Waals surface area contributed by atoms with Gasteiger partial charge >= 0.3 is 0 Å². The predicted molar refractivity (Wildman–Crippen MR) is 153 cm³/mol. The molecule has 1 aromatic heterocycles. The molecule has 0 amide bonds. The normalized spacial score (nSPS) is 11.2. The number of para-hydroxylation sites is 1. The van der Waals surface area contributed by atoms with Gasteiger partial charge in [0.25, 0.3) is 5.56 Å². The molecule has 0 radical (unpaired) electrons. The molecule has 7 heteroatoms. The zero-order chi connectivity index (χ0) is 26.5. The molecular weight excluding hydrogens is 498 g/mol. The van der Waals surface area contributed by atoms with E-state index in [0.29, 0.717) is 52.0 Å². The maximum Gasteiger partial charge on any atom is 0.282 e. The van der Waals surface area contributed by atoms with Crippen LogP contribution >= 0.6 is 11.6 Å². The van der Waals surface area contributed by atoms with Crippen molar-refractivity contribution >= 4 is 28.7 Å². The molecule has 0 fully saturated rings. The molecule has 0 saturated carbocycles. The molecule has 0 bridgehead atoms. The Morgan fingerprint density at radius 1 is 0.947 bits per heavy atom. The number of rotatable bonds is 8. The fourth-order valence-corrected chi connectivity index (χ4v) is 4.31. The summed E-state index contributed by atoms with van der Waals surface area (Å²) in [7, 11) is 0. The van der Waals surface area contributed by atoms with E-state index in [2.05, 4.69) is 5.10 Å². The molecule has 38 heavy (non-hydrogen) atoms. The van der Waals surface area contributed by atoms with Gasteiger partial charge in [-0.2, -0.15) is 9.78 Å². The number of halogens is 1. The maximum atomic E-state index is 13.4. The van der Waals surface area contributed by atoms with Gasteiger partial charge in [-0.3, -0.25) is 4.79 Å². The van der Waals surface area contributed by atoms with Crippen LogP contribution in [0, 0.1) is 6.92 Å². The first kappa shape index (κ1) is 25.2. The highest BCUT2D eigenvalue weighted by molar-refractivity contribution is 6.32. The number of ether oxygens (including phenoxy) is 2. The summed E-state index contributed by atoms with van der Waals surface area (Å²) in [6, 6.07) is 28.4. The van der Waals surface area contributed by atoms with Gasteiger partial charge in [-0.15, -0.1) is 0 Å². The molecule has 0 spiro atoms. The SMILES string of the molecule is CCOc1cc(C=Nn2c(-c3ccccc3)nc3ccccc3c2=O)cc(Cl)c1OCc1ccc(C)cc1. The van der Waals surface area contributed by atoms with E-state index in [0.717, 1.165) is 11.1 Å². The van der Waals surface area contributed by atoms with E-state index in [4.69, 9.17) is 26.1 Å². The second-order valence-corrected chi connectivity index (χ2v) is 9.12. The Labute approximate surface area is 225 Å². The van der Waals surface area contributed by atoms with Crippen molar-refractivity contribution < 1.29 is 9.47 Å². The second kappa shape index (κ2) is 11.3. The van der Waals surface area contributed by atoms with E-state index >= 15 is 0 Å². The first-order valence-electron chi connectivity index (χ1n) is 12.3. The van der Waals surface area contributed by atoms with E-state index < -0.39 is 0 Å². The van der Waals surface area contributed by atoms with Crippen LogP contribution in [0.15, 0.2) is 101 Å². The van der Waals surface area contributed by atoms with Gasteiger partial charge < -0.3 is 9.47 Å². The number of nitrogens with zero attached hydrogens (tertiary/aromatic N) is 3. The largest absolute Gasteiger partial charge is 0.490 e. The zero-order valence-corrected chi connectivity index (χ0v) is 21.9. The summed E-state index contributed by atoms with van der Waals surface area (Å²) in [6.45, 7) is 4.72. The van der Waals surface area contributed by atoms with Gasteiger partial charge in [-0.1, -0.05) is 83.9 Å². The van der Waals surface area contributed by atoms with Crippen LogP contribution in [0.1, 0.15) is 23.6 Å². The van der Waals surface area contributed by atoms with Crippen LogP contribution in [0.4, 0.5) is 0 Å². The Morgan fingerprint density at radius 3 is 2.45 bits per heavy atom. The van der Waals surface area contributed by atoms with Crippen LogP contribution in [-0.2, 0) is 6.61 Å². The number of benzene rings is 4. The summed E-state index contributed by atoms with van der Waals surface area (Å²) in [5.74, 6) is 1.40. The minimum Gasteiger partial charge on any atom is -0.490 e. The van der Waals surface area contributed by atoms with Crippen LogP contribution in [0.5, 0.6) is 11.5 Å². The highest BCUT2D eigenvalue weighted by atomic mass is 35.5. The average molecular weight is 524 g/mol. The lowest BCUT2D eigenvalue weighted by Gasteiger charge is -2.15. The number of hydrogen-bond acceptors (Lipinski definition) is 5. The summed E-state index contributed by atoms with van der Waals surface area (Å²) >= 11 is 6.63. The Balaban J connectivity index is 1.52. The van der Waals surface area contributed by atoms with Gasteiger partial charge in [0.1, 0.15) is 6.61 Å². The van der Waals surface area contributed by atoms with Crippen LogP contribution in [-0.4, -0.2) is 22.5 Å². The molecule has 5 rings (SSSR count). The summed E-state index contributed by atoms with van der Waals surface area (Å²) in [5.41, 5.74) is 3.98. The fourth-order valence-electron chi connectivity index (χ4n) is 4.03. The number of aryl methyl sites for hydroxylation is 1. The van der Waals surface area contributed by atoms with Crippen LogP contribution in [0.3, 0.4) is 0 Å². The molecule has 0 atom stereocenters. The second-order valence-electron chi connectivity index (χ2n) is 8.72. The summed E-state index contributed by atoms with van der Waals surface area (Å²) in [4.78, 5) is 18.1. The van der Waals surface area contributed by atoms with Gasteiger partial charge in [0, 0.05) is 5.56 Å². The predicted octanol–water partition coefficient (Wildman–Crippen LogP) is 6.89. The molecule has 4 aromatic carbocycles. The van der Waals surface area contributed by atoms with Crippen molar-refractivity contribution in [2.75, 3.05) is 6.61 Å². The third kappa shape index (κ3) is 5.45. The molecule has 1 heterocycles. The summed E-state index contributed by atoms with van der Waals surface area (Å²) in [6.07, 6.45) is 1.57. The van der Waals surface area contributed by atoms with Gasteiger partial charge in [0.2, 0.25) is 0 Å². The molecular formula is C31H26ClN3O3. The quantitative estimate of drug-likeness (QED) is 0.208. The molecule has 0 aliphatic carbocycles. The molecule has 6 nitrogen and oxygen atoms in total. The lowest BCUT2D eigenvalue weighted by Crippen LogP contribution is -2.20. The van der Waals surface area contributed by atoms with Crippen LogP contribution in [0.2, 0.25) is 5.02 Å². The Kier molecular flexibility index (Phi) is 7.52. The van der Waals surface area contributed by atoms with Gasteiger partial charge in [0.05, 0.1) is 28.7 Å². The average Bonchev–Trinajstić information content (AvgIpc) is 2.93. The maximum absolute atomic E-state index is 13.4. The Morgan fingerprint density at radius 2 is 1.68 bits per heavy atom. The molecule has 0 aliphatic heterocycles. The third-order valence-electron chi connectivity index (χ3n) is 5.94. The standard InChI is InChI=1S/C31H26ClN3O3/c1-3-37-28-18-23(17-26(32)29(28)38-20-22-15-13-21(2)14-16-22)19-33-35-30(24-9-5-4-6-10-24)34-27-12-8-7-11-25(27)31(35)36/h4-19H,3,20H2,1-2H3. The molecule has 190 valence electrons. The van der Waals surface area contributed by atoms with E-state index in [1.54, 1.807) is 24.4 Å². The fraction of sp³-hybridized carbons (Fsp3) is 0.129. The molecule has 0 unspecified atom stereocenters. The van der Waals surface area contributed by atoms with Gasteiger partial charge in [0.15, 0.2) is 17.3 Å². The van der Waals surface area contributed by atoms with Crippen molar-refractivity contribution in [1.82, 2.24) is 9.66 Å². The van der Waals surface area contributed by atoms with E-state index in [-0.39, 0.29) is 5.56 Å². The van der Waals surface area contributed by atoms with Crippen molar-refractivity contribution in [2.45, 2.75) is 20.5 Å². The lowest BCUT2D eigenvalue weighted by atomic mass is 10.1. The van der Waals surface area contributed by atoms with Gasteiger partial charge in [-0.25, -0.2) is 4.98 Å². The molecule has 0 saturated heterocycles. The minimum absolute atomic E-state index is 0.264. The number of hydrogen-bond donors (Lipinski definition) is 0. The zero-order valence-electron chi connectivity index (χ0n) is 21.1. The highest BCUT2D eigenvalue weighted by Gasteiger charge is 2.14. The highest BCUT2D eigenvalue weighted by Crippen LogP contribution is 2.37. The Hall–Kier alpha value is -4.42. The lowest BCUT2D eigenvalue weighted by molar-refractivity contribution is 0.269. The molecule has 5 aromatic rings. The van der Waals surface area contributed by atoms with Gasteiger partial charge in [-0.05, 0) is 49.2 Å². The van der Waals surface area contributed by atoms with Crippen molar-refractivity contribution in [1.29, 1.82) is 0 Å². The number of aromatic nitrogens is 2. The van der Waals surface area contributed by atoms with Crippen molar-refractivity contribution in [3.8, 4) is 22.9 Å². The first-order valence-corrected chi connectivity index (χ1v) is 12.7. The molecule has 0 N–H and O–H groups in total. The van der Waals surface area contributed by atoms with Crippen LogP contribution < -0.4 is 15.0 Å². The van der Waals surface area contributed by atoms with Crippen LogP contribution in [0.25, 0.3) is 22.3 Å². The first-order chi connectivity index (χ1) is 18.5. The Bertz CT molecular complexity index is 1660. The van der Waals surface area contributed by atoms with Crippen molar-refractivity contribution in [3.63, 3.8) is 0 Å². The topological polar surface area (TPSA) is 65.7 Å². The third-order valence-corrected chi connectivity index (χ3v) is 6.22. The summed E-state index contributed by atoms with van der Waals surface area (Å²) in [5, 5.41) is 5.41. The summed E-state index contributed by atoms with van der Waals surface area (Å²) < 4.78 is 13.2. The number of fused-ring (bicyclic) bond motifs is 1. The smallest absolute Gasteiger partial charge is 0.282 e. The monoisotopic (exact) mass is 523 g/mol. The van der Waals surface area contributed by atoms with Crippen molar-refractivity contribution in [2.24, 2.45) is 5.10 Å². The van der Waals surface area contributed by atoms with E-state index in [1.165, 1.54) is 10.2 Å². The minimum atomic E-state index is -0.264. The van der Waals surface area contributed by atoms with Crippen molar-refractivity contribution in [3.05, 3.63) is 123 Å².